The quantitative estimate of drug-likeness (QED) is 0.679. The summed E-state index contributed by atoms with van der Waals surface area (Å²) in [5, 5.41) is 0. The summed E-state index contributed by atoms with van der Waals surface area (Å²) in [7, 11) is 1.33. The van der Waals surface area contributed by atoms with E-state index in [1.165, 1.54) is 12.0 Å². The van der Waals surface area contributed by atoms with Crippen molar-refractivity contribution in [3.63, 3.8) is 0 Å². The molecule has 5 nitrogen and oxygen atoms in total. The lowest BCUT2D eigenvalue weighted by Crippen LogP contribution is -2.43. The molecule has 5 heteroatoms. The Bertz CT molecular complexity index is 283. The number of esters is 1. The fraction of sp³-hybridized carbons (Fsp3) is 0.846. The summed E-state index contributed by atoms with van der Waals surface area (Å²) >= 11 is 0. The van der Waals surface area contributed by atoms with E-state index < -0.39 is 17.7 Å². The summed E-state index contributed by atoms with van der Waals surface area (Å²) in [5.41, 5.74) is -0.541. The van der Waals surface area contributed by atoms with Crippen molar-refractivity contribution in [1.82, 2.24) is 4.90 Å². The molecule has 0 spiro atoms. The Morgan fingerprint density at radius 3 is 2.22 bits per heavy atom. The summed E-state index contributed by atoms with van der Waals surface area (Å²) < 4.78 is 9.88. The van der Waals surface area contributed by atoms with E-state index >= 15 is 0 Å². The van der Waals surface area contributed by atoms with Gasteiger partial charge in [-0.2, -0.15) is 0 Å². The summed E-state index contributed by atoms with van der Waals surface area (Å²) in [4.78, 5) is 24.7. The number of amides is 1. The van der Waals surface area contributed by atoms with Gasteiger partial charge in [0.05, 0.1) is 7.11 Å². The minimum atomic E-state index is -0.541. The number of rotatable bonds is 1. The molecule has 1 fully saturated rings. The van der Waals surface area contributed by atoms with Gasteiger partial charge < -0.3 is 9.47 Å². The highest BCUT2D eigenvalue weighted by atomic mass is 16.6. The first kappa shape index (κ1) is 16.7. The van der Waals surface area contributed by atoms with Gasteiger partial charge in [0, 0.05) is 6.54 Å². The number of hydrogen-bond acceptors (Lipinski definition) is 4. The molecular formula is C13H25NO4. The molecule has 1 atom stereocenters. The maximum absolute atomic E-state index is 11.8. The molecule has 18 heavy (non-hydrogen) atoms. The van der Waals surface area contributed by atoms with Crippen molar-refractivity contribution >= 4 is 12.1 Å². The van der Waals surface area contributed by atoms with Gasteiger partial charge in [0.15, 0.2) is 0 Å². The number of hydrogen-bond donors (Lipinski definition) is 0. The van der Waals surface area contributed by atoms with Gasteiger partial charge in [0.2, 0.25) is 0 Å². The van der Waals surface area contributed by atoms with Crippen LogP contribution in [-0.4, -0.2) is 42.3 Å². The Morgan fingerprint density at radius 1 is 1.22 bits per heavy atom. The van der Waals surface area contributed by atoms with Crippen molar-refractivity contribution in [2.24, 2.45) is 0 Å². The summed E-state index contributed by atoms with van der Waals surface area (Å²) in [6.07, 6.45) is 1.01. The SMILES string of the molecule is CC.COC(=O)[C@@H]1CCCN1C(=O)OC(C)(C)C. The Hall–Kier alpha value is -1.26. The van der Waals surface area contributed by atoms with Gasteiger partial charge >= 0.3 is 12.1 Å². The molecule has 0 N–H and O–H groups in total. The van der Waals surface area contributed by atoms with E-state index in [1.54, 1.807) is 20.8 Å². The first-order valence-electron chi connectivity index (χ1n) is 6.42. The first-order valence-corrected chi connectivity index (χ1v) is 6.42. The van der Waals surface area contributed by atoms with Gasteiger partial charge in [-0.1, -0.05) is 13.8 Å². The van der Waals surface area contributed by atoms with Crippen LogP contribution in [0.2, 0.25) is 0 Å². The Kier molecular flexibility index (Phi) is 6.73. The molecule has 0 bridgehead atoms. The van der Waals surface area contributed by atoms with Crippen LogP contribution in [0.5, 0.6) is 0 Å². The van der Waals surface area contributed by atoms with Gasteiger partial charge in [0.25, 0.3) is 0 Å². The second kappa shape index (κ2) is 7.24. The topological polar surface area (TPSA) is 55.8 Å². The van der Waals surface area contributed by atoms with E-state index in [9.17, 15) is 9.59 Å². The number of ether oxygens (including phenoxy) is 2. The van der Waals surface area contributed by atoms with Crippen molar-refractivity contribution in [3.05, 3.63) is 0 Å². The van der Waals surface area contributed by atoms with Crippen LogP contribution in [0.1, 0.15) is 47.5 Å². The zero-order valence-corrected chi connectivity index (χ0v) is 12.3. The monoisotopic (exact) mass is 259 g/mol. The Morgan fingerprint density at radius 2 is 1.78 bits per heavy atom. The van der Waals surface area contributed by atoms with E-state index in [2.05, 4.69) is 4.74 Å². The molecular weight excluding hydrogens is 234 g/mol. The van der Waals surface area contributed by atoms with Gasteiger partial charge in [0.1, 0.15) is 11.6 Å². The van der Waals surface area contributed by atoms with Crippen molar-refractivity contribution < 1.29 is 19.1 Å². The molecule has 1 aliphatic rings. The molecule has 1 aliphatic heterocycles. The minimum absolute atomic E-state index is 0.372. The molecule has 1 saturated heterocycles. The maximum Gasteiger partial charge on any atom is 0.411 e. The van der Waals surface area contributed by atoms with E-state index in [4.69, 9.17) is 4.74 Å². The van der Waals surface area contributed by atoms with Crippen LogP contribution in [0.3, 0.4) is 0 Å². The van der Waals surface area contributed by atoms with Crippen LogP contribution in [0.25, 0.3) is 0 Å². The fourth-order valence-electron chi connectivity index (χ4n) is 1.69. The van der Waals surface area contributed by atoms with Crippen LogP contribution >= 0.6 is 0 Å². The van der Waals surface area contributed by atoms with E-state index in [0.29, 0.717) is 13.0 Å². The fourth-order valence-corrected chi connectivity index (χ4v) is 1.69. The predicted molar refractivity (Wildman–Crippen MR) is 69.3 cm³/mol. The van der Waals surface area contributed by atoms with Crippen LogP contribution in [0, 0.1) is 0 Å². The molecule has 1 heterocycles. The zero-order valence-electron chi connectivity index (χ0n) is 12.3. The first-order chi connectivity index (χ1) is 8.35. The number of nitrogens with zero attached hydrogens (tertiary/aromatic N) is 1. The third-order valence-electron chi connectivity index (χ3n) is 2.35. The van der Waals surface area contributed by atoms with Crippen LogP contribution in [-0.2, 0) is 14.3 Å². The number of methoxy groups -OCH3 is 1. The third-order valence-corrected chi connectivity index (χ3v) is 2.35. The van der Waals surface area contributed by atoms with Gasteiger partial charge in [-0.15, -0.1) is 0 Å². The summed E-state index contributed by atoms with van der Waals surface area (Å²) in [6, 6.07) is -0.486. The van der Waals surface area contributed by atoms with Crippen molar-refractivity contribution in [2.45, 2.75) is 59.1 Å². The molecule has 0 aromatic heterocycles. The second-order valence-electron chi connectivity index (χ2n) is 4.85. The maximum atomic E-state index is 11.8. The van der Waals surface area contributed by atoms with Crippen LogP contribution in [0.15, 0.2) is 0 Å². The molecule has 0 aromatic carbocycles. The highest BCUT2D eigenvalue weighted by molar-refractivity contribution is 5.82. The smallest absolute Gasteiger partial charge is 0.411 e. The molecule has 0 saturated carbocycles. The van der Waals surface area contributed by atoms with E-state index in [0.717, 1.165) is 6.42 Å². The van der Waals surface area contributed by atoms with E-state index in [-0.39, 0.29) is 5.97 Å². The standard InChI is InChI=1S/C11H19NO4.C2H6/c1-11(2,3)16-10(14)12-7-5-6-8(12)9(13)15-4;1-2/h8H,5-7H2,1-4H3;1-2H3/t8-;/m0./s1. The Balaban J connectivity index is 0.00000137. The zero-order chi connectivity index (χ0) is 14.3. The van der Waals surface area contributed by atoms with Crippen LogP contribution < -0.4 is 0 Å². The highest BCUT2D eigenvalue weighted by Gasteiger charge is 2.37. The lowest BCUT2D eigenvalue weighted by molar-refractivity contribution is -0.145. The lowest BCUT2D eigenvalue weighted by Gasteiger charge is -2.27. The molecule has 1 amide bonds. The number of carbonyl (C=O) groups is 2. The minimum Gasteiger partial charge on any atom is -0.467 e. The van der Waals surface area contributed by atoms with Crippen molar-refractivity contribution in [2.75, 3.05) is 13.7 Å². The highest BCUT2D eigenvalue weighted by Crippen LogP contribution is 2.21. The van der Waals surface area contributed by atoms with Gasteiger partial charge in [-0.3, -0.25) is 4.90 Å². The van der Waals surface area contributed by atoms with E-state index in [1.807, 2.05) is 13.8 Å². The largest absolute Gasteiger partial charge is 0.467 e. The van der Waals surface area contributed by atoms with Gasteiger partial charge in [-0.05, 0) is 33.6 Å². The summed E-state index contributed by atoms with van der Waals surface area (Å²) in [5.74, 6) is -0.372. The van der Waals surface area contributed by atoms with Crippen LogP contribution in [0.4, 0.5) is 4.79 Å². The molecule has 1 rings (SSSR count). The molecule has 0 aromatic rings. The average Bonchev–Trinajstić information content (AvgIpc) is 2.77. The molecule has 0 aliphatic carbocycles. The van der Waals surface area contributed by atoms with Crippen molar-refractivity contribution in [1.29, 1.82) is 0 Å². The lowest BCUT2D eigenvalue weighted by atomic mass is 10.2. The second-order valence-corrected chi connectivity index (χ2v) is 4.85. The molecule has 0 radical (unpaired) electrons. The average molecular weight is 259 g/mol. The predicted octanol–water partition coefficient (Wildman–Crippen LogP) is 2.59. The number of likely N-dealkylation sites (tertiary alicyclic amines) is 1. The number of carbonyl (C=O) groups excluding carboxylic acids is 2. The Labute approximate surface area is 109 Å². The van der Waals surface area contributed by atoms with Crippen molar-refractivity contribution in [3.8, 4) is 0 Å². The van der Waals surface area contributed by atoms with Gasteiger partial charge in [-0.25, -0.2) is 9.59 Å². The summed E-state index contributed by atoms with van der Waals surface area (Å²) in [6.45, 7) is 9.95. The third kappa shape index (κ3) is 4.94. The normalized spacial score (nSPS) is 18.8. The molecule has 0 unspecified atom stereocenters. The molecule has 106 valence electrons.